The van der Waals surface area contributed by atoms with Crippen LogP contribution in [0, 0.1) is 11.7 Å². The SMILES string of the molecule is CN(CC1CCCCC1)c1cc(F)cc(/C=C/C(=O)O)c1. The van der Waals surface area contributed by atoms with Gasteiger partial charge in [0.1, 0.15) is 5.82 Å². The minimum Gasteiger partial charge on any atom is -0.478 e. The number of hydrogen-bond donors (Lipinski definition) is 1. The van der Waals surface area contributed by atoms with Crippen molar-refractivity contribution < 1.29 is 14.3 Å². The number of nitrogens with zero attached hydrogens (tertiary/aromatic N) is 1. The van der Waals surface area contributed by atoms with Crippen molar-refractivity contribution in [2.24, 2.45) is 5.92 Å². The molecule has 3 nitrogen and oxygen atoms in total. The van der Waals surface area contributed by atoms with Gasteiger partial charge in [0.15, 0.2) is 0 Å². The molecule has 1 aromatic carbocycles. The zero-order valence-electron chi connectivity index (χ0n) is 12.4. The Morgan fingerprint density at radius 1 is 1.33 bits per heavy atom. The van der Waals surface area contributed by atoms with E-state index in [-0.39, 0.29) is 5.82 Å². The maximum atomic E-state index is 13.7. The molecule has 1 saturated carbocycles. The molecule has 0 amide bonds. The van der Waals surface area contributed by atoms with Crippen molar-refractivity contribution in [3.63, 3.8) is 0 Å². The van der Waals surface area contributed by atoms with Gasteiger partial charge < -0.3 is 10.0 Å². The Bertz CT molecular complexity index is 522. The largest absolute Gasteiger partial charge is 0.478 e. The average Bonchev–Trinajstić information content (AvgIpc) is 2.45. The van der Waals surface area contributed by atoms with E-state index in [0.717, 1.165) is 18.3 Å². The highest BCUT2D eigenvalue weighted by Crippen LogP contribution is 2.26. The van der Waals surface area contributed by atoms with E-state index in [1.807, 2.05) is 13.1 Å². The molecule has 0 aliphatic heterocycles. The maximum Gasteiger partial charge on any atom is 0.328 e. The average molecular weight is 291 g/mol. The van der Waals surface area contributed by atoms with Crippen LogP contribution >= 0.6 is 0 Å². The van der Waals surface area contributed by atoms with Gasteiger partial charge in [0.05, 0.1) is 0 Å². The van der Waals surface area contributed by atoms with Crippen molar-refractivity contribution in [2.45, 2.75) is 32.1 Å². The molecule has 0 atom stereocenters. The fourth-order valence-electron chi connectivity index (χ4n) is 2.94. The molecule has 1 aliphatic rings. The Balaban J connectivity index is 2.08. The van der Waals surface area contributed by atoms with E-state index < -0.39 is 5.97 Å². The van der Waals surface area contributed by atoms with E-state index in [0.29, 0.717) is 11.5 Å². The first kappa shape index (κ1) is 15.5. The molecule has 0 spiro atoms. The van der Waals surface area contributed by atoms with E-state index in [2.05, 4.69) is 4.90 Å². The molecular weight excluding hydrogens is 269 g/mol. The van der Waals surface area contributed by atoms with Crippen LogP contribution < -0.4 is 4.90 Å². The Morgan fingerprint density at radius 3 is 2.71 bits per heavy atom. The number of hydrogen-bond acceptors (Lipinski definition) is 2. The Morgan fingerprint density at radius 2 is 2.05 bits per heavy atom. The number of halogens is 1. The number of anilines is 1. The van der Waals surface area contributed by atoms with Gasteiger partial charge in [-0.3, -0.25) is 0 Å². The molecule has 114 valence electrons. The van der Waals surface area contributed by atoms with Gasteiger partial charge in [-0.1, -0.05) is 19.3 Å². The monoisotopic (exact) mass is 291 g/mol. The van der Waals surface area contributed by atoms with Crippen LogP contribution in [-0.2, 0) is 4.79 Å². The minimum absolute atomic E-state index is 0.340. The number of carboxylic acids is 1. The molecule has 21 heavy (non-hydrogen) atoms. The standard InChI is InChI=1S/C17H22FNO2/c1-19(12-13-5-3-2-4-6-13)16-10-14(7-8-17(20)21)9-15(18)11-16/h7-11,13H,2-6,12H2,1H3,(H,20,21)/b8-7+. The van der Waals surface area contributed by atoms with Crippen molar-refractivity contribution in [2.75, 3.05) is 18.5 Å². The van der Waals surface area contributed by atoms with E-state index in [4.69, 9.17) is 5.11 Å². The molecule has 1 aromatic rings. The molecule has 0 heterocycles. The first-order chi connectivity index (χ1) is 10.0. The van der Waals surface area contributed by atoms with E-state index in [1.165, 1.54) is 50.3 Å². The Hall–Kier alpha value is -1.84. The summed E-state index contributed by atoms with van der Waals surface area (Å²) in [6.45, 7) is 0.922. The zero-order chi connectivity index (χ0) is 15.2. The van der Waals surface area contributed by atoms with Gasteiger partial charge >= 0.3 is 5.97 Å². The van der Waals surface area contributed by atoms with Gasteiger partial charge in [-0.05, 0) is 48.6 Å². The fourth-order valence-corrected chi connectivity index (χ4v) is 2.94. The molecule has 0 aromatic heterocycles. The normalized spacial score (nSPS) is 16.3. The molecule has 1 aliphatic carbocycles. The van der Waals surface area contributed by atoms with Crippen molar-refractivity contribution >= 4 is 17.7 Å². The quantitative estimate of drug-likeness (QED) is 0.835. The number of rotatable bonds is 5. The third-order valence-electron chi connectivity index (χ3n) is 4.02. The molecular formula is C17H22FNO2. The summed E-state index contributed by atoms with van der Waals surface area (Å²) < 4.78 is 13.7. The predicted molar refractivity (Wildman–Crippen MR) is 82.9 cm³/mol. The van der Waals surface area contributed by atoms with Crippen LogP contribution in [0.5, 0.6) is 0 Å². The fraction of sp³-hybridized carbons (Fsp3) is 0.471. The number of carboxylic acid groups (broad SMARTS) is 1. The molecule has 0 bridgehead atoms. The minimum atomic E-state index is -1.03. The lowest BCUT2D eigenvalue weighted by Crippen LogP contribution is -2.26. The predicted octanol–water partition coefficient (Wildman–Crippen LogP) is 3.94. The van der Waals surface area contributed by atoms with Crippen molar-refractivity contribution in [1.29, 1.82) is 0 Å². The van der Waals surface area contributed by atoms with Crippen molar-refractivity contribution in [3.05, 3.63) is 35.7 Å². The summed E-state index contributed by atoms with van der Waals surface area (Å²) in [4.78, 5) is 12.6. The highest BCUT2D eigenvalue weighted by Gasteiger charge is 2.16. The summed E-state index contributed by atoms with van der Waals surface area (Å²) in [7, 11) is 1.97. The Labute approximate surface area is 125 Å². The second-order valence-corrected chi connectivity index (χ2v) is 5.80. The topological polar surface area (TPSA) is 40.5 Å². The number of aliphatic carboxylic acids is 1. The molecule has 4 heteroatoms. The van der Waals surface area contributed by atoms with E-state index in [1.54, 1.807) is 0 Å². The van der Waals surface area contributed by atoms with Crippen LogP contribution in [0.25, 0.3) is 6.08 Å². The van der Waals surface area contributed by atoms with Crippen LogP contribution in [0.3, 0.4) is 0 Å². The molecule has 0 radical (unpaired) electrons. The first-order valence-corrected chi connectivity index (χ1v) is 7.47. The summed E-state index contributed by atoms with van der Waals surface area (Å²) in [5.74, 6) is -0.700. The summed E-state index contributed by atoms with van der Waals surface area (Å²) in [6.07, 6.45) is 8.83. The smallest absolute Gasteiger partial charge is 0.328 e. The van der Waals surface area contributed by atoms with E-state index in [9.17, 15) is 9.18 Å². The first-order valence-electron chi connectivity index (χ1n) is 7.47. The van der Waals surface area contributed by atoms with Crippen LogP contribution in [0.15, 0.2) is 24.3 Å². The summed E-state index contributed by atoms with van der Waals surface area (Å²) >= 11 is 0. The van der Waals surface area contributed by atoms with Gasteiger partial charge in [-0.2, -0.15) is 0 Å². The second kappa shape index (κ2) is 7.25. The van der Waals surface area contributed by atoms with E-state index >= 15 is 0 Å². The van der Waals surface area contributed by atoms with Gasteiger partial charge in [-0.15, -0.1) is 0 Å². The molecule has 1 N–H and O–H groups in total. The number of benzene rings is 1. The van der Waals surface area contributed by atoms with Crippen LogP contribution in [0.2, 0.25) is 0 Å². The Kier molecular flexibility index (Phi) is 5.37. The molecule has 0 saturated heterocycles. The van der Waals surface area contributed by atoms with Gasteiger partial charge in [0.25, 0.3) is 0 Å². The highest BCUT2D eigenvalue weighted by molar-refractivity contribution is 5.85. The molecule has 2 rings (SSSR count). The third kappa shape index (κ3) is 4.88. The van der Waals surface area contributed by atoms with Gasteiger partial charge in [-0.25, -0.2) is 9.18 Å². The van der Waals surface area contributed by atoms with Crippen LogP contribution in [0.1, 0.15) is 37.7 Å². The maximum absolute atomic E-state index is 13.7. The second-order valence-electron chi connectivity index (χ2n) is 5.80. The molecule has 0 unspecified atom stereocenters. The van der Waals surface area contributed by atoms with Crippen molar-refractivity contribution in [1.82, 2.24) is 0 Å². The molecule has 1 fully saturated rings. The summed E-state index contributed by atoms with van der Waals surface area (Å²) in [5, 5.41) is 8.65. The van der Waals surface area contributed by atoms with Crippen LogP contribution in [0.4, 0.5) is 10.1 Å². The number of carbonyl (C=O) groups is 1. The summed E-state index contributed by atoms with van der Waals surface area (Å²) in [5.41, 5.74) is 1.37. The lowest BCUT2D eigenvalue weighted by molar-refractivity contribution is -0.131. The highest BCUT2D eigenvalue weighted by atomic mass is 19.1. The van der Waals surface area contributed by atoms with Gasteiger partial charge in [0, 0.05) is 25.4 Å². The third-order valence-corrected chi connectivity index (χ3v) is 4.02. The lowest BCUT2D eigenvalue weighted by atomic mass is 9.89. The van der Waals surface area contributed by atoms with Crippen molar-refractivity contribution in [3.8, 4) is 0 Å². The van der Waals surface area contributed by atoms with Crippen LogP contribution in [-0.4, -0.2) is 24.7 Å². The summed E-state index contributed by atoms with van der Waals surface area (Å²) in [6, 6.07) is 4.67. The zero-order valence-corrected chi connectivity index (χ0v) is 12.4. The lowest BCUT2D eigenvalue weighted by Gasteiger charge is -2.28. The van der Waals surface area contributed by atoms with Gasteiger partial charge in [0.2, 0.25) is 0 Å².